The Morgan fingerprint density at radius 1 is 1.32 bits per heavy atom. The lowest BCUT2D eigenvalue weighted by Gasteiger charge is -2.43. The minimum atomic E-state index is -1.19. The lowest BCUT2D eigenvalue weighted by molar-refractivity contribution is 0.0618. The fourth-order valence-electron chi connectivity index (χ4n) is 4.24. The number of alkyl carbamates (subject to hydrolysis) is 1. The minimum absolute atomic E-state index is 0.0171. The van der Waals surface area contributed by atoms with Gasteiger partial charge in [-0.3, -0.25) is 0 Å². The van der Waals surface area contributed by atoms with Crippen molar-refractivity contribution in [2.75, 3.05) is 11.9 Å². The van der Waals surface area contributed by atoms with Crippen molar-refractivity contribution in [2.45, 2.75) is 45.4 Å². The van der Waals surface area contributed by atoms with E-state index in [-0.39, 0.29) is 23.4 Å². The van der Waals surface area contributed by atoms with Gasteiger partial charge >= 0.3 is 6.09 Å². The van der Waals surface area contributed by atoms with Gasteiger partial charge in [-0.2, -0.15) is 0 Å². The number of hydrogen-bond acceptors (Lipinski definition) is 4. The van der Waals surface area contributed by atoms with Crippen molar-refractivity contribution in [3.05, 3.63) is 53.2 Å². The van der Waals surface area contributed by atoms with Gasteiger partial charge in [-0.05, 0) is 39.3 Å². The highest BCUT2D eigenvalue weighted by Gasteiger charge is 2.44. The zero-order valence-corrected chi connectivity index (χ0v) is 17.8. The first kappa shape index (κ1) is 21.1. The van der Waals surface area contributed by atoms with Gasteiger partial charge in [0.1, 0.15) is 17.7 Å². The van der Waals surface area contributed by atoms with Gasteiger partial charge < -0.3 is 25.5 Å². The number of aromatic nitrogens is 1. The molecule has 6 nitrogen and oxygen atoms in total. The van der Waals surface area contributed by atoms with Crippen LogP contribution in [0.1, 0.15) is 37.9 Å². The number of aryl methyl sites for hydroxylation is 1. The molecule has 8 heteroatoms. The Kier molecular flexibility index (Phi) is 5.13. The summed E-state index contributed by atoms with van der Waals surface area (Å²) in [5.74, 6) is -1.59. The van der Waals surface area contributed by atoms with Crippen molar-refractivity contribution >= 4 is 22.7 Å². The molecule has 0 bridgehead atoms. The number of aromatic amines is 1. The Balaban J connectivity index is 1.94. The number of carbonyl (C=O) groups is 1. The van der Waals surface area contributed by atoms with Crippen LogP contribution in [0.4, 0.5) is 19.3 Å². The fraction of sp³-hybridized carbons (Fsp3) is 0.348. The number of aliphatic hydroxyl groups is 1. The van der Waals surface area contributed by atoms with Crippen LogP contribution in [-0.4, -0.2) is 34.4 Å². The average molecular weight is 429 g/mol. The van der Waals surface area contributed by atoms with Crippen molar-refractivity contribution in [3.8, 4) is 11.1 Å². The summed E-state index contributed by atoms with van der Waals surface area (Å²) in [6, 6.07) is 5.32. The average Bonchev–Trinajstić information content (AvgIpc) is 3.07. The van der Waals surface area contributed by atoms with Crippen molar-refractivity contribution in [3.63, 3.8) is 0 Å². The van der Waals surface area contributed by atoms with E-state index in [1.54, 1.807) is 39.1 Å². The summed E-state index contributed by atoms with van der Waals surface area (Å²) in [5, 5.41) is 17.3. The van der Waals surface area contributed by atoms with Crippen LogP contribution < -0.4 is 10.6 Å². The minimum Gasteiger partial charge on any atom is -0.450 e. The molecule has 1 amide bonds. The third kappa shape index (κ3) is 3.40. The topological polar surface area (TPSA) is 86.4 Å². The quantitative estimate of drug-likeness (QED) is 0.483. The van der Waals surface area contributed by atoms with Crippen molar-refractivity contribution in [1.29, 1.82) is 0 Å². The lowest BCUT2D eigenvalue weighted by atomic mass is 9.81. The first-order valence-electron chi connectivity index (χ1n) is 10.1. The van der Waals surface area contributed by atoms with E-state index in [2.05, 4.69) is 15.6 Å². The maximum Gasteiger partial charge on any atom is 0.407 e. The number of para-hydroxylation sites is 1. The summed E-state index contributed by atoms with van der Waals surface area (Å²) in [6.07, 6.45) is -0.204. The normalized spacial score (nSPS) is 19.6. The van der Waals surface area contributed by atoms with Gasteiger partial charge in [-0.1, -0.05) is 18.2 Å². The summed E-state index contributed by atoms with van der Waals surface area (Å²) in [6.45, 7) is 7.04. The number of aliphatic hydroxyl groups excluding tert-OH is 1. The predicted octanol–water partition coefficient (Wildman–Crippen LogP) is 4.77. The first-order valence-corrected chi connectivity index (χ1v) is 10.1. The van der Waals surface area contributed by atoms with E-state index in [4.69, 9.17) is 4.74 Å². The molecule has 2 atom stereocenters. The Hall–Kier alpha value is -3.13. The molecule has 2 heterocycles. The molecule has 4 rings (SSSR count). The standard InChI is InChI=1S/C23H25F2N3O3/c1-5-31-22(30)27-20-17-15(28-23(3,4)21(20)29)9-14(24)16(18(17)25)13-8-6-7-12-11(2)10-26-19(12)13/h6-10,20-21,26,28-29H,5H2,1-4H3,(H,27,30). The van der Waals surface area contributed by atoms with Crippen LogP contribution in [0.5, 0.6) is 0 Å². The van der Waals surface area contributed by atoms with Gasteiger partial charge in [0.2, 0.25) is 0 Å². The monoisotopic (exact) mass is 429 g/mol. The zero-order valence-electron chi connectivity index (χ0n) is 17.8. The molecular formula is C23H25F2N3O3. The summed E-state index contributed by atoms with van der Waals surface area (Å²) in [4.78, 5) is 15.2. The van der Waals surface area contributed by atoms with E-state index in [1.807, 2.05) is 13.0 Å². The van der Waals surface area contributed by atoms with Gasteiger partial charge in [0.15, 0.2) is 0 Å². The third-order valence-corrected chi connectivity index (χ3v) is 5.82. The molecule has 1 aliphatic rings. The van der Waals surface area contributed by atoms with E-state index in [0.717, 1.165) is 10.9 Å². The molecule has 164 valence electrons. The molecule has 0 saturated heterocycles. The molecule has 4 N–H and O–H groups in total. The molecular weight excluding hydrogens is 404 g/mol. The lowest BCUT2D eigenvalue weighted by Crippen LogP contribution is -2.55. The Morgan fingerprint density at radius 3 is 2.77 bits per heavy atom. The van der Waals surface area contributed by atoms with Crippen LogP contribution in [0.2, 0.25) is 0 Å². The molecule has 1 aliphatic heterocycles. The first-order chi connectivity index (χ1) is 14.7. The van der Waals surface area contributed by atoms with E-state index >= 15 is 8.78 Å². The number of fused-ring (bicyclic) bond motifs is 2. The number of halogens is 2. The number of benzene rings is 2. The largest absolute Gasteiger partial charge is 0.450 e. The second-order valence-corrected chi connectivity index (χ2v) is 8.34. The van der Waals surface area contributed by atoms with Crippen LogP contribution in [-0.2, 0) is 4.74 Å². The van der Waals surface area contributed by atoms with Crippen LogP contribution >= 0.6 is 0 Å². The van der Waals surface area contributed by atoms with Crippen molar-refractivity contribution in [1.82, 2.24) is 10.3 Å². The van der Waals surface area contributed by atoms with Gasteiger partial charge in [0, 0.05) is 28.4 Å². The number of rotatable bonds is 3. The van der Waals surface area contributed by atoms with Gasteiger partial charge in [-0.15, -0.1) is 0 Å². The van der Waals surface area contributed by atoms with E-state index in [1.165, 1.54) is 6.07 Å². The van der Waals surface area contributed by atoms with Gasteiger partial charge in [0.25, 0.3) is 0 Å². The molecule has 0 fully saturated rings. The molecule has 2 aromatic carbocycles. The number of H-pyrrole nitrogens is 1. The highest BCUT2D eigenvalue weighted by molar-refractivity contribution is 5.96. The third-order valence-electron chi connectivity index (χ3n) is 5.82. The molecule has 1 aromatic heterocycles. The van der Waals surface area contributed by atoms with E-state index in [0.29, 0.717) is 11.1 Å². The predicted molar refractivity (Wildman–Crippen MR) is 115 cm³/mol. The highest BCUT2D eigenvalue weighted by atomic mass is 19.1. The van der Waals surface area contributed by atoms with Crippen molar-refractivity contribution in [2.24, 2.45) is 0 Å². The molecule has 0 aliphatic carbocycles. The van der Waals surface area contributed by atoms with Crippen LogP contribution in [0.25, 0.3) is 22.0 Å². The molecule has 0 spiro atoms. The van der Waals surface area contributed by atoms with Crippen molar-refractivity contribution < 1.29 is 23.4 Å². The Morgan fingerprint density at radius 2 is 2.06 bits per heavy atom. The van der Waals surface area contributed by atoms with Crippen LogP contribution in [0.3, 0.4) is 0 Å². The Bertz CT molecular complexity index is 1170. The molecule has 3 aromatic rings. The maximum atomic E-state index is 15.9. The van der Waals surface area contributed by atoms with Crippen LogP contribution in [0, 0.1) is 18.6 Å². The number of anilines is 1. The Labute approximate surface area is 178 Å². The molecule has 2 unspecified atom stereocenters. The number of amides is 1. The summed E-state index contributed by atoms with van der Waals surface area (Å²) < 4.78 is 36.1. The highest BCUT2D eigenvalue weighted by Crippen LogP contribution is 2.44. The molecule has 0 saturated carbocycles. The number of nitrogens with one attached hydrogen (secondary N) is 3. The summed E-state index contributed by atoms with van der Waals surface area (Å²) in [5.41, 5.74) is 0.901. The number of hydrogen-bond donors (Lipinski definition) is 4. The van der Waals surface area contributed by atoms with Gasteiger partial charge in [0.05, 0.1) is 29.3 Å². The van der Waals surface area contributed by atoms with E-state index < -0.39 is 35.4 Å². The second kappa shape index (κ2) is 7.53. The smallest absolute Gasteiger partial charge is 0.407 e. The molecule has 0 radical (unpaired) electrons. The summed E-state index contributed by atoms with van der Waals surface area (Å²) >= 11 is 0. The fourth-order valence-corrected chi connectivity index (χ4v) is 4.24. The zero-order chi connectivity index (χ0) is 22.5. The number of carbonyl (C=O) groups excluding carboxylic acids is 1. The SMILES string of the molecule is CCOC(=O)NC1c2c(cc(F)c(-c3cccc4c(C)c[nH]c34)c2F)NC(C)(C)C1O. The summed E-state index contributed by atoms with van der Waals surface area (Å²) in [7, 11) is 0. The number of ether oxygens (including phenoxy) is 1. The van der Waals surface area contributed by atoms with E-state index in [9.17, 15) is 9.90 Å². The van der Waals surface area contributed by atoms with Gasteiger partial charge in [-0.25, -0.2) is 13.6 Å². The van der Waals surface area contributed by atoms with Crippen LogP contribution in [0.15, 0.2) is 30.5 Å². The molecule has 31 heavy (non-hydrogen) atoms. The second-order valence-electron chi connectivity index (χ2n) is 8.34. The maximum absolute atomic E-state index is 15.9.